The van der Waals surface area contributed by atoms with Crippen LogP contribution >= 0.6 is 0 Å². The van der Waals surface area contributed by atoms with E-state index in [1.165, 1.54) is 22.8 Å². The van der Waals surface area contributed by atoms with Crippen molar-refractivity contribution in [2.45, 2.75) is 33.2 Å². The second kappa shape index (κ2) is 8.00. The van der Waals surface area contributed by atoms with Gasteiger partial charge >= 0.3 is 0 Å². The van der Waals surface area contributed by atoms with Gasteiger partial charge in [-0.25, -0.2) is 4.98 Å². The van der Waals surface area contributed by atoms with Crippen LogP contribution in [0.25, 0.3) is 11.0 Å². The molecule has 3 rings (SSSR count). The van der Waals surface area contributed by atoms with Crippen LogP contribution in [0.5, 0.6) is 0 Å². The van der Waals surface area contributed by atoms with Crippen molar-refractivity contribution in [3.05, 3.63) is 77.6 Å². The Morgan fingerprint density at radius 2 is 2.04 bits per heavy atom. The van der Waals surface area contributed by atoms with Crippen LogP contribution in [0.15, 0.2) is 55.1 Å². The Bertz CT molecular complexity index is 940. The molecule has 1 N–H and O–H groups in total. The number of amides is 1. The highest BCUT2D eigenvalue weighted by Gasteiger charge is 2.12. The van der Waals surface area contributed by atoms with Gasteiger partial charge in [-0.15, -0.1) is 0 Å². The monoisotopic (exact) mass is 347 g/mol. The third-order valence-corrected chi connectivity index (χ3v) is 4.63. The number of aryl methyl sites for hydroxylation is 3. The number of fused-ring (bicyclic) bond motifs is 1. The molecule has 0 aliphatic carbocycles. The van der Waals surface area contributed by atoms with Crippen LogP contribution in [0.2, 0.25) is 0 Å². The summed E-state index contributed by atoms with van der Waals surface area (Å²) in [5, 5.41) is 2.83. The molecule has 0 unspecified atom stereocenters. The number of para-hydroxylation sites is 2. The maximum atomic E-state index is 11.3. The number of carbonyl (C=O) groups excluding carboxylic acids is 1. The van der Waals surface area contributed by atoms with Gasteiger partial charge in [0.05, 0.1) is 11.0 Å². The zero-order chi connectivity index (χ0) is 18.5. The molecule has 1 aromatic heterocycles. The van der Waals surface area contributed by atoms with E-state index in [0.29, 0.717) is 6.54 Å². The molecule has 26 heavy (non-hydrogen) atoms. The van der Waals surface area contributed by atoms with Gasteiger partial charge in [-0.1, -0.05) is 42.5 Å². The van der Waals surface area contributed by atoms with E-state index in [9.17, 15) is 4.79 Å². The maximum absolute atomic E-state index is 11.3. The van der Waals surface area contributed by atoms with Crippen molar-refractivity contribution in [2.75, 3.05) is 6.54 Å². The quantitative estimate of drug-likeness (QED) is 0.520. The third kappa shape index (κ3) is 4.02. The van der Waals surface area contributed by atoms with E-state index < -0.39 is 0 Å². The van der Waals surface area contributed by atoms with Crippen LogP contribution in [0.3, 0.4) is 0 Å². The molecule has 1 heterocycles. The van der Waals surface area contributed by atoms with E-state index in [4.69, 9.17) is 4.98 Å². The summed E-state index contributed by atoms with van der Waals surface area (Å²) in [6.45, 7) is 9.18. The average Bonchev–Trinajstić information content (AvgIpc) is 2.99. The van der Waals surface area contributed by atoms with E-state index in [1.54, 1.807) is 0 Å². The van der Waals surface area contributed by atoms with Crippen LogP contribution in [0, 0.1) is 13.8 Å². The highest BCUT2D eigenvalue weighted by atomic mass is 16.1. The van der Waals surface area contributed by atoms with Crippen LogP contribution in [0.1, 0.15) is 28.9 Å². The van der Waals surface area contributed by atoms with E-state index >= 15 is 0 Å². The van der Waals surface area contributed by atoms with E-state index in [2.05, 4.69) is 66.7 Å². The smallest absolute Gasteiger partial charge is 0.243 e. The Labute approximate surface area is 154 Å². The molecule has 0 radical (unpaired) electrons. The molecule has 0 bridgehead atoms. The molecular formula is C22H25N3O. The largest absolute Gasteiger partial charge is 0.353 e. The fourth-order valence-electron chi connectivity index (χ4n) is 3.16. The van der Waals surface area contributed by atoms with Gasteiger partial charge < -0.3 is 9.88 Å². The zero-order valence-corrected chi connectivity index (χ0v) is 15.5. The van der Waals surface area contributed by atoms with Crippen molar-refractivity contribution in [1.29, 1.82) is 0 Å². The zero-order valence-electron chi connectivity index (χ0n) is 15.5. The van der Waals surface area contributed by atoms with Gasteiger partial charge in [-0.2, -0.15) is 0 Å². The summed E-state index contributed by atoms with van der Waals surface area (Å²) < 4.78 is 2.30. The van der Waals surface area contributed by atoms with Crippen LogP contribution in [-0.4, -0.2) is 22.0 Å². The Morgan fingerprint density at radius 3 is 2.85 bits per heavy atom. The number of carbonyl (C=O) groups is 1. The summed E-state index contributed by atoms with van der Waals surface area (Å²) in [4.78, 5) is 16.1. The summed E-state index contributed by atoms with van der Waals surface area (Å²) in [5.74, 6) is 0.925. The lowest BCUT2D eigenvalue weighted by molar-refractivity contribution is -0.116. The minimum Gasteiger partial charge on any atom is -0.353 e. The normalized spacial score (nSPS) is 10.8. The van der Waals surface area contributed by atoms with Gasteiger partial charge in [0.1, 0.15) is 5.82 Å². The first-order chi connectivity index (χ1) is 12.6. The first-order valence-corrected chi connectivity index (χ1v) is 8.99. The number of benzene rings is 2. The molecule has 4 nitrogen and oxygen atoms in total. The fourth-order valence-corrected chi connectivity index (χ4v) is 3.16. The third-order valence-electron chi connectivity index (χ3n) is 4.63. The minimum absolute atomic E-state index is 0.131. The van der Waals surface area contributed by atoms with Gasteiger partial charge in [-0.3, -0.25) is 4.79 Å². The standard InChI is InChI=1S/C22H25N3O/c1-4-22(26)23-13-7-10-21-24-19-8-5-6-9-20(19)25(21)15-18-14-16(2)11-12-17(18)3/h4-6,8-9,11-12,14H,1,7,10,13,15H2,2-3H3,(H,23,26). The number of rotatable bonds is 7. The summed E-state index contributed by atoms with van der Waals surface area (Å²) in [5.41, 5.74) is 6.04. The van der Waals surface area contributed by atoms with Crippen molar-refractivity contribution in [1.82, 2.24) is 14.9 Å². The van der Waals surface area contributed by atoms with E-state index in [1.807, 2.05) is 6.07 Å². The van der Waals surface area contributed by atoms with Gasteiger partial charge in [0.25, 0.3) is 0 Å². The Morgan fingerprint density at radius 1 is 1.23 bits per heavy atom. The predicted octanol–water partition coefficient (Wildman–Crippen LogP) is 3.94. The summed E-state index contributed by atoms with van der Waals surface area (Å²) in [6.07, 6.45) is 2.96. The number of nitrogens with one attached hydrogen (secondary N) is 1. The predicted molar refractivity (Wildman–Crippen MR) is 106 cm³/mol. The molecule has 2 aromatic carbocycles. The molecule has 3 aromatic rings. The average molecular weight is 347 g/mol. The fraction of sp³-hybridized carbons (Fsp3) is 0.273. The van der Waals surface area contributed by atoms with E-state index in [-0.39, 0.29) is 5.91 Å². The lowest BCUT2D eigenvalue weighted by atomic mass is 10.1. The van der Waals surface area contributed by atoms with Crippen molar-refractivity contribution in [3.63, 3.8) is 0 Å². The molecule has 0 fully saturated rings. The van der Waals surface area contributed by atoms with Crippen molar-refractivity contribution in [2.24, 2.45) is 0 Å². The molecule has 0 saturated carbocycles. The molecule has 0 aliphatic heterocycles. The lowest BCUT2D eigenvalue weighted by Crippen LogP contribution is -2.22. The second-order valence-corrected chi connectivity index (χ2v) is 6.63. The van der Waals surface area contributed by atoms with Crippen molar-refractivity contribution < 1.29 is 4.79 Å². The molecule has 0 aliphatic rings. The molecule has 0 atom stereocenters. The second-order valence-electron chi connectivity index (χ2n) is 6.63. The summed E-state index contributed by atoms with van der Waals surface area (Å²) in [7, 11) is 0. The number of hydrogen-bond acceptors (Lipinski definition) is 2. The summed E-state index contributed by atoms with van der Waals surface area (Å²) in [6, 6.07) is 14.8. The minimum atomic E-state index is -0.131. The highest BCUT2D eigenvalue weighted by molar-refractivity contribution is 5.86. The van der Waals surface area contributed by atoms with Crippen LogP contribution < -0.4 is 5.32 Å². The van der Waals surface area contributed by atoms with E-state index in [0.717, 1.165) is 36.2 Å². The maximum Gasteiger partial charge on any atom is 0.243 e. The Hall–Kier alpha value is -2.88. The SMILES string of the molecule is C=CC(=O)NCCCc1nc2ccccc2n1Cc1cc(C)ccc1C. The number of imidazole rings is 1. The van der Waals surface area contributed by atoms with Crippen LogP contribution in [-0.2, 0) is 17.8 Å². The number of aromatic nitrogens is 2. The van der Waals surface area contributed by atoms with Gasteiger partial charge in [0.2, 0.25) is 5.91 Å². The topological polar surface area (TPSA) is 46.9 Å². The Kier molecular flexibility index (Phi) is 5.52. The molecular weight excluding hydrogens is 322 g/mol. The lowest BCUT2D eigenvalue weighted by Gasteiger charge is -2.12. The van der Waals surface area contributed by atoms with Gasteiger partial charge in [0.15, 0.2) is 0 Å². The van der Waals surface area contributed by atoms with Crippen LogP contribution in [0.4, 0.5) is 0 Å². The van der Waals surface area contributed by atoms with Gasteiger partial charge in [0, 0.05) is 19.5 Å². The van der Waals surface area contributed by atoms with Crippen molar-refractivity contribution in [3.8, 4) is 0 Å². The highest BCUT2D eigenvalue weighted by Crippen LogP contribution is 2.21. The molecule has 1 amide bonds. The first-order valence-electron chi connectivity index (χ1n) is 8.99. The molecule has 0 saturated heterocycles. The summed E-state index contributed by atoms with van der Waals surface area (Å²) >= 11 is 0. The van der Waals surface area contributed by atoms with Gasteiger partial charge in [-0.05, 0) is 49.6 Å². The molecule has 0 spiro atoms. The number of nitrogens with zero attached hydrogens (tertiary/aromatic N) is 2. The molecule has 4 heteroatoms. The number of hydrogen-bond donors (Lipinski definition) is 1. The van der Waals surface area contributed by atoms with Crippen molar-refractivity contribution >= 4 is 16.9 Å². The first kappa shape index (κ1) is 17.9. The Balaban J connectivity index is 1.86. The molecule has 134 valence electrons.